The third kappa shape index (κ3) is 4.33. The average Bonchev–Trinajstić information content (AvgIpc) is 3.44. The molecule has 0 amide bonds. The van der Waals surface area contributed by atoms with E-state index in [-0.39, 0.29) is 35.6 Å². The maximum atomic E-state index is 2.65. The number of allylic oxidation sites excluding steroid dienone is 2. The van der Waals surface area contributed by atoms with Crippen LogP contribution in [0.3, 0.4) is 0 Å². The second-order valence-electron chi connectivity index (χ2n) is 14.2. The Labute approximate surface area is 257 Å². The predicted octanol–water partition coefficient (Wildman–Crippen LogP) is 5.06. The molecule has 7 rings (SSSR count). The number of hydrogen-bond donors (Lipinski definition) is 0. The smallest absolute Gasteiger partial charge is 1.00 e. The Morgan fingerprint density at radius 2 is 0.950 bits per heavy atom. The Bertz CT molecular complexity index is 1550. The Hall–Kier alpha value is -1.67. The molecule has 2 atom stereocenters. The Balaban J connectivity index is 0.00000161. The minimum atomic E-state index is -3.06. The fraction of sp³-hybridized carbons (Fsp3) is 0.351. The predicted molar refractivity (Wildman–Crippen MR) is 162 cm³/mol. The van der Waals surface area contributed by atoms with Gasteiger partial charge >= 0.3 is 234 Å². The number of halogens is 2. The molecule has 3 heteroatoms. The molecular weight excluding hydrogens is 694 g/mol. The van der Waals surface area contributed by atoms with Crippen LogP contribution in [0.2, 0.25) is 8.35 Å². The monoisotopic (exact) mass is 734 g/mol. The van der Waals surface area contributed by atoms with Gasteiger partial charge in [-0.25, -0.2) is 0 Å². The van der Waals surface area contributed by atoms with E-state index in [4.69, 9.17) is 0 Å². The van der Waals surface area contributed by atoms with Crippen molar-refractivity contribution < 1.29 is 44.8 Å². The fourth-order valence-electron chi connectivity index (χ4n) is 8.13. The van der Waals surface area contributed by atoms with Crippen LogP contribution in [0.15, 0.2) is 83.9 Å². The van der Waals surface area contributed by atoms with E-state index in [9.17, 15) is 0 Å². The molecular formula is C37H40Cl2Hf. The first-order chi connectivity index (χ1) is 18.1. The second-order valence-corrected chi connectivity index (χ2v) is 30.8. The van der Waals surface area contributed by atoms with Crippen LogP contribution >= 0.6 is 0 Å². The number of rotatable bonds is 2. The van der Waals surface area contributed by atoms with Gasteiger partial charge in [-0.1, -0.05) is 0 Å². The largest absolute Gasteiger partial charge is 1.00 e. The van der Waals surface area contributed by atoms with Crippen molar-refractivity contribution in [1.82, 2.24) is 0 Å². The first-order valence-corrected chi connectivity index (χ1v) is 23.8. The van der Waals surface area contributed by atoms with E-state index in [0.29, 0.717) is 7.35 Å². The van der Waals surface area contributed by atoms with Gasteiger partial charge in [0.05, 0.1) is 0 Å². The van der Waals surface area contributed by atoms with Crippen LogP contribution in [0.25, 0.3) is 33.7 Å². The Morgan fingerprint density at radius 3 is 1.30 bits per heavy atom. The van der Waals surface area contributed by atoms with Gasteiger partial charge in [-0.15, -0.1) is 0 Å². The van der Waals surface area contributed by atoms with E-state index < -0.39 is 20.0 Å². The summed E-state index contributed by atoms with van der Waals surface area (Å²) in [7, 11) is 0. The standard InChI is InChI=1S/2C17H17.C3H6.2ClH.Hf/c2*1-17(2,3)14-10-13-9-8-12-6-4-5-7-15(12)16(13)11-14;1-3-2;;;/h2*4-11H,1-3H3;1-3H2;2*1H;/q;;;;;+2/p-2. The van der Waals surface area contributed by atoms with Crippen LogP contribution in [-0.4, -0.2) is 0 Å². The van der Waals surface area contributed by atoms with Crippen molar-refractivity contribution in [2.45, 2.75) is 63.7 Å². The molecule has 1 saturated heterocycles. The van der Waals surface area contributed by atoms with Gasteiger partial charge in [-0.2, -0.15) is 0 Å². The van der Waals surface area contributed by atoms with E-state index in [1.54, 1.807) is 22.3 Å². The number of hydrogen-bond acceptors (Lipinski definition) is 0. The molecule has 0 radical (unpaired) electrons. The molecule has 206 valence electrons. The zero-order valence-corrected chi connectivity index (χ0v) is 29.7. The van der Waals surface area contributed by atoms with Crippen molar-refractivity contribution in [2.75, 3.05) is 0 Å². The molecule has 0 bridgehead atoms. The van der Waals surface area contributed by atoms with Crippen molar-refractivity contribution in [1.29, 1.82) is 0 Å². The molecule has 4 aromatic carbocycles. The van der Waals surface area contributed by atoms with Crippen LogP contribution in [0.5, 0.6) is 0 Å². The van der Waals surface area contributed by atoms with Gasteiger partial charge in [0.1, 0.15) is 0 Å². The minimum absolute atomic E-state index is 0. The first-order valence-electron chi connectivity index (χ1n) is 14.6. The summed E-state index contributed by atoms with van der Waals surface area (Å²) in [6.07, 6.45) is 6.73. The third-order valence-electron chi connectivity index (χ3n) is 10.0. The van der Waals surface area contributed by atoms with Crippen molar-refractivity contribution in [3.63, 3.8) is 0 Å². The van der Waals surface area contributed by atoms with Gasteiger partial charge in [-0.3, -0.25) is 0 Å². The summed E-state index contributed by atoms with van der Waals surface area (Å²) in [5.41, 5.74) is 10.2. The fourth-order valence-corrected chi connectivity index (χ4v) is 32.1. The van der Waals surface area contributed by atoms with E-state index in [1.807, 2.05) is 0 Å². The van der Waals surface area contributed by atoms with Crippen LogP contribution in [0, 0.1) is 10.8 Å². The number of fused-ring (bicyclic) bond motifs is 6. The van der Waals surface area contributed by atoms with E-state index in [2.05, 4.69) is 126 Å². The Kier molecular flexibility index (Phi) is 7.64. The van der Waals surface area contributed by atoms with Gasteiger partial charge in [0.2, 0.25) is 0 Å². The minimum Gasteiger partial charge on any atom is -1.00 e. The van der Waals surface area contributed by atoms with Crippen molar-refractivity contribution in [2.24, 2.45) is 10.8 Å². The van der Waals surface area contributed by atoms with Crippen LogP contribution in [-0.2, 0) is 20.0 Å². The molecule has 40 heavy (non-hydrogen) atoms. The maximum absolute atomic E-state index is 3.06. The first kappa shape index (κ1) is 29.8. The molecule has 0 N–H and O–H groups in total. The average molecular weight is 734 g/mol. The van der Waals surface area contributed by atoms with Crippen LogP contribution in [0.1, 0.15) is 77.6 Å². The van der Waals surface area contributed by atoms with Crippen molar-refractivity contribution in [3.05, 3.63) is 106 Å². The third-order valence-corrected chi connectivity index (χ3v) is 32.0. The van der Waals surface area contributed by atoms with Gasteiger partial charge in [0.15, 0.2) is 0 Å². The normalized spacial score (nSPS) is 20.2. The molecule has 0 saturated carbocycles. The zero-order valence-electron chi connectivity index (χ0n) is 24.6. The van der Waals surface area contributed by atoms with E-state index in [1.165, 1.54) is 47.4 Å². The molecule has 1 fully saturated rings. The quantitative estimate of drug-likeness (QED) is 0.253. The Morgan fingerprint density at radius 1 is 0.550 bits per heavy atom. The van der Waals surface area contributed by atoms with Gasteiger partial charge in [-0.05, 0) is 0 Å². The molecule has 2 aliphatic carbocycles. The van der Waals surface area contributed by atoms with Gasteiger partial charge < -0.3 is 24.8 Å². The van der Waals surface area contributed by atoms with E-state index >= 15 is 0 Å². The summed E-state index contributed by atoms with van der Waals surface area (Å²) in [5.74, 6) is 0. The molecule has 0 spiro atoms. The zero-order chi connectivity index (χ0) is 26.4. The molecule has 2 unspecified atom stereocenters. The summed E-state index contributed by atoms with van der Waals surface area (Å²) in [6.45, 7) is 14.8. The molecule has 1 aliphatic heterocycles. The van der Waals surface area contributed by atoms with Gasteiger partial charge in [0.25, 0.3) is 0 Å². The van der Waals surface area contributed by atoms with Crippen molar-refractivity contribution >= 4 is 33.7 Å². The van der Waals surface area contributed by atoms with Crippen LogP contribution in [0.4, 0.5) is 0 Å². The molecule has 0 aromatic heterocycles. The maximum Gasteiger partial charge on any atom is -1.00 e. The molecule has 4 aromatic rings. The summed E-state index contributed by atoms with van der Waals surface area (Å²) in [4.78, 5) is 0. The van der Waals surface area contributed by atoms with Gasteiger partial charge in [0, 0.05) is 0 Å². The molecule has 0 nitrogen and oxygen atoms in total. The summed E-state index contributed by atoms with van der Waals surface area (Å²) < 4.78 is 4.37. The van der Waals surface area contributed by atoms with Crippen LogP contribution < -0.4 is 24.8 Å². The SMILES string of the molecule is CC(C)(C)C1=Cc2c(ccc3ccccc23)[CH]1[Hf+2]1([CH]2C(C(C)(C)C)=Cc3c2ccc2ccccc32)[CH2]C[CH2]1.[Cl-].[Cl-]. The summed E-state index contributed by atoms with van der Waals surface area (Å²) in [6, 6.07) is 28.0. The second kappa shape index (κ2) is 10.3. The molecule has 3 aliphatic rings. The van der Waals surface area contributed by atoms with E-state index in [0.717, 1.165) is 0 Å². The summed E-state index contributed by atoms with van der Waals surface area (Å²) >= 11 is -3.06. The summed E-state index contributed by atoms with van der Waals surface area (Å²) in [5, 5.41) is 5.65. The number of benzene rings is 4. The molecule has 1 heterocycles. The topological polar surface area (TPSA) is 0 Å². The van der Waals surface area contributed by atoms with Crippen molar-refractivity contribution in [3.8, 4) is 0 Å².